The molecular weight excluding hydrogens is 657 g/mol. The second-order valence-corrected chi connectivity index (χ2v) is 29.1. The van der Waals surface area contributed by atoms with Gasteiger partial charge in [-0.05, 0) is 97.9 Å². The molecule has 0 bridgehead atoms. The summed E-state index contributed by atoms with van der Waals surface area (Å²) in [5.41, 5.74) is 2.03. The maximum absolute atomic E-state index is 14.9. The van der Waals surface area contributed by atoms with Crippen LogP contribution < -0.4 is 0 Å². The zero-order valence-electron chi connectivity index (χ0n) is 34.5. The van der Waals surface area contributed by atoms with Gasteiger partial charge < -0.3 is 18.2 Å². The number of Topliss-reactive ketones (excluding diaryl/α,β-unsaturated/α-hetero) is 1. The number of hydrogen-bond acceptors (Lipinski definition) is 6. The van der Waals surface area contributed by atoms with Gasteiger partial charge in [0.05, 0.1) is 29.7 Å². The van der Waals surface area contributed by atoms with E-state index in [2.05, 4.69) is 104 Å². The highest BCUT2D eigenvalue weighted by Crippen LogP contribution is 2.50. The summed E-state index contributed by atoms with van der Waals surface area (Å²) in [6.07, 6.45) is 4.07. The number of carbonyl (C=O) groups excluding carboxylic acids is 2. The Morgan fingerprint density at radius 2 is 1.50 bits per heavy atom. The molecule has 0 N–H and O–H groups in total. The van der Waals surface area contributed by atoms with Crippen molar-refractivity contribution in [3.63, 3.8) is 0 Å². The van der Waals surface area contributed by atoms with Gasteiger partial charge in [0.15, 0.2) is 16.6 Å². The van der Waals surface area contributed by atoms with E-state index in [-0.39, 0.29) is 52.3 Å². The lowest BCUT2D eigenvalue weighted by Crippen LogP contribution is -2.54. The molecule has 1 saturated heterocycles. The van der Waals surface area contributed by atoms with Gasteiger partial charge in [0.1, 0.15) is 17.7 Å². The Balaban J connectivity index is 1.74. The molecule has 0 spiro atoms. The minimum absolute atomic E-state index is 0.0235. The number of esters is 1. The molecule has 282 valence electrons. The molecule has 9 heteroatoms. The Kier molecular flexibility index (Phi) is 11.9. The summed E-state index contributed by atoms with van der Waals surface area (Å²) in [5.74, 6) is 1.78. The SMILES string of the molecule is Cc1nc2cc([C@@H]3C[C@@H]4C[C@H]4CCC[C@H](C)[C@H](O[Si](C)(C)C(C)(C)C)[C@@H](C)C(=O)C(C)(C)[C@@H](O[Si](C)(C)C(C)(C)C)CC(=O)O3)ccc2n1C. The third-order valence-electron chi connectivity index (χ3n) is 13.3. The Hall–Kier alpha value is -1.82. The van der Waals surface area contributed by atoms with Crippen LogP contribution in [-0.4, -0.2) is 50.1 Å². The molecule has 1 saturated carbocycles. The van der Waals surface area contributed by atoms with Crippen molar-refractivity contribution in [3.05, 3.63) is 29.6 Å². The summed E-state index contributed by atoms with van der Waals surface area (Å²) < 4.78 is 22.8. The maximum Gasteiger partial charge on any atom is 0.309 e. The summed E-state index contributed by atoms with van der Waals surface area (Å²) in [7, 11) is -2.55. The molecule has 1 aromatic carbocycles. The quantitative estimate of drug-likeness (QED) is 0.225. The van der Waals surface area contributed by atoms with E-state index in [9.17, 15) is 9.59 Å². The number of rotatable bonds is 5. The monoisotopic (exact) mass is 726 g/mol. The summed E-state index contributed by atoms with van der Waals surface area (Å²) in [5, 5.41) is -0.0746. The van der Waals surface area contributed by atoms with E-state index in [1.54, 1.807) is 0 Å². The topological polar surface area (TPSA) is 79.7 Å². The van der Waals surface area contributed by atoms with Crippen molar-refractivity contribution in [2.24, 2.45) is 36.1 Å². The van der Waals surface area contributed by atoms with Crippen molar-refractivity contribution in [1.82, 2.24) is 9.55 Å². The fourth-order valence-corrected chi connectivity index (χ4v) is 10.3. The van der Waals surface area contributed by atoms with Crippen LogP contribution in [0.1, 0.15) is 125 Å². The highest BCUT2D eigenvalue weighted by atomic mass is 28.4. The van der Waals surface area contributed by atoms with Gasteiger partial charge in [-0.1, -0.05) is 88.1 Å². The molecule has 0 radical (unpaired) electrons. The molecule has 2 fully saturated rings. The fourth-order valence-electron chi connectivity index (χ4n) is 7.34. The zero-order valence-corrected chi connectivity index (χ0v) is 36.5. The molecule has 7 atom stereocenters. The average Bonchev–Trinajstić information content (AvgIpc) is 3.66. The van der Waals surface area contributed by atoms with Gasteiger partial charge in [0, 0.05) is 18.4 Å². The molecular formula is C41H70N2O5Si2. The predicted molar refractivity (Wildman–Crippen MR) is 210 cm³/mol. The normalized spacial score (nSPS) is 29.5. The van der Waals surface area contributed by atoms with Crippen molar-refractivity contribution in [3.8, 4) is 0 Å². The van der Waals surface area contributed by atoms with Crippen LogP contribution in [0.3, 0.4) is 0 Å². The Morgan fingerprint density at radius 3 is 2.10 bits per heavy atom. The molecule has 2 aromatic rings. The number of ketones is 1. The molecule has 0 amide bonds. The molecule has 2 heterocycles. The fraction of sp³-hybridized carbons (Fsp3) is 0.780. The summed E-state index contributed by atoms with van der Waals surface area (Å²) in [4.78, 5) is 33.9. The maximum atomic E-state index is 14.9. The minimum Gasteiger partial charge on any atom is -0.457 e. The van der Waals surface area contributed by atoms with Crippen molar-refractivity contribution >= 4 is 39.4 Å². The van der Waals surface area contributed by atoms with Crippen LogP contribution in [0.15, 0.2) is 18.2 Å². The highest BCUT2D eigenvalue weighted by Gasteiger charge is 2.50. The van der Waals surface area contributed by atoms with Crippen LogP contribution in [0.5, 0.6) is 0 Å². The largest absolute Gasteiger partial charge is 0.457 e. The first kappa shape index (κ1) is 40.9. The van der Waals surface area contributed by atoms with Gasteiger partial charge in [-0.2, -0.15) is 0 Å². The van der Waals surface area contributed by atoms with Crippen molar-refractivity contribution < 1.29 is 23.2 Å². The van der Waals surface area contributed by atoms with Gasteiger partial charge in [-0.15, -0.1) is 0 Å². The number of nitrogens with zero attached hydrogens (tertiary/aromatic N) is 2. The standard InChI is InChI=1S/C41H70N2O5Si2/c1-26-18-17-19-29-22-31(29)24-34(30-20-21-33-32(23-30)42-28(3)43(33)12)46-36(44)25-35(47-49(13,14)39(4,5)6)41(10,11)38(45)27(2)37(26)48-50(15,16)40(7,8)9/h20-21,23,26-27,29,31,34-35,37H,17-19,22,24-25H2,1-16H3/t26-,27+,29+,31-,34-,35-,37-/m0/s1. The number of aryl methyl sites for hydroxylation is 2. The number of aromatic nitrogens is 2. The molecule has 4 rings (SSSR count). The minimum atomic E-state index is -2.39. The van der Waals surface area contributed by atoms with E-state index >= 15 is 0 Å². The molecule has 0 unspecified atom stereocenters. The van der Waals surface area contributed by atoms with Crippen molar-refractivity contribution in [2.45, 2.75) is 169 Å². The molecule has 7 nitrogen and oxygen atoms in total. The van der Waals surface area contributed by atoms with Crippen LogP contribution >= 0.6 is 0 Å². The summed E-state index contributed by atoms with van der Waals surface area (Å²) >= 11 is 0. The van der Waals surface area contributed by atoms with E-state index in [1.165, 1.54) is 0 Å². The van der Waals surface area contributed by atoms with E-state index < -0.39 is 28.2 Å². The van der Waals surface area contributed by atoms with Gasteiger partial charge >= 0.3 is 5.97 Å². The molecule has 1 aromatic heterocycles. The lowest BCUT2D eigenvalue weighted by atomic mass is 9.73. The molecule has 1 aliphatic heterocycles. The van der Waals surface area contributed by atoms with Gasteiger partial charge in [0.25, 0.3) is 0 Å². The first-order chi connectivity index (χ1) is 22.8. The van der Waals surface area contributed by atoms with Crippen LogP contribution in [0.4, 0.5) is 0 Å². The number of cyclic esters (lactones) is 1. The third kappa shape index (κ3) is 8.86. The molecule has 2 aliphatic rings. The van der Waals surface area contributed by atoms with E-state index in [1.807, 2.05) is 27.8 Å². The van der Waals surface area contributed by atoms with E-state index in [0.29, 0.717) is 11.8 Å². The van der Waals surface area contributed by atoms with Crippen molar-refractivity contribution in [1.29, 1.82) is 0 Å². The summed E-state index contributed by atoms with van der Waals surface area (Å²) in [6, 6.07) is 6.29. The Bertz CT molecular complexity index is 1530. The first-order valence-electron chi connectivity index (χ1n) is 19.3. The number of carbonyl (C=O) groups is 2. The lowest BCUT2D eigenvalue weighted by molar-refractivity contribution is -0.155. The predicted octanol–water partition coefficient (Wildman–Crippen LogP) is 10.7. The summed E-state index contributed by atoms with van der Waals surface area (Å²) in [6.45, 7) is 32.7. The van der Waals surface area contributed by atoms with Crippen LogP contribution in [-0.2, 0) is 30.2 Å². The van der Waals surface area contributed by atoms with Crippen LogP contribution in [0, 0.1) is 36.0 Å². The second kappa shape index (κ2) is 14.5. The number of fused-ring (bicyclic) bond motifs is 2. The van der Waals surface area contributed by atoms with Gasteiger partial charge in [0.2, 0.25) is 0 Å². The van der Waals surface area contributed by atoms with Gasteiger partial charge in [-0.3, -0.25) is 9.59 Å². The van der Waals surface area contributed by atoms with Gasteiger partial charge in [-0.25, -0.2) is 4.98 Å². The van der Waals surface area contributed by atoms with Crippen LogP contribution in [0.25, 0.3) is 11.0 Å². The first-order valence-corrected chi connectivity index (χ1v) is 25.1. The second-order valence-electron chi connectivity index (χ2n) is 19.6. The smallest absolute Gasteiger partial charge is 0.309 e. The molecule has 1 aliphatic carbocycles. The highest BCUT2D eigenvalue weighted by molar-refractivity contribution is 6.74. The third-order valence-corrected chi connectivity index (χ3v) is 22.3. The lowest BCUT2D eigenvalue weighted by Gasteiger charge is -2.46. The van der Waals surface area contributed by atoms with Crippen molar-refractivity contribution in [2.75, 3.05) is 0 Å². The number of imidazole rings is 1. The number of hydrogen-bond donors (Lipinski definition) is 0. The van der Waals surface area contributed by atoms with Crippen LogP contribution in [0.2, 0.25) is 36.3 Å². The number of ether oxygens (including phenoxy) is 1. The zero-order chi connectivity index (χ0) is 37.8. The van der Waals surface area contributed by atoms with E-state index in [0.717, 1.165) is 54.5 Å². The Labute approximate surface area is 306 Å². The van der Waals surface area contributed by atoms with E-state index in [4.69, 9.17) is 18.6 Å². The molecule has 50 heavy (non-hydrogen) atoms. The average molecular weight is 727 g/mol. The Morgan fingerprint density at radius 1 is 0.900 bits per heavy atom. The number of benzene rings is 1.